The molecule has 31 heavy (non-hydrogen) atoms. The number of aryl methyl sites for hydroxylation is 1. The van der Waals surface area contributed by atoms with Crippen LogP contribution in [0.15, 0.2) is 59.0 Å². The van der Waals surface area contributed by atoms with Crippen LogP contribution in [0.3, 0.4) is 0 Å². The minimum atomic E-state index is -0.429. The van der Waals surface area contributed by atoms with Crippen LogP contribution in [0, 0.1) is 17.0 Å². The third-order valence-electron chi connectivity index (χ3n) is 5.51. The maximum Gasteiger partial charge on any atom is 0.291 e. The van der Waals surface area contributed by atoms with Crippen molar-refractivity contribution < 1.29 is 14.1 Å². The van der Waals surface area contributed by atoms with Gasteiger partial charge in [-0.15, -0.1) is 0 Å². The van der Waals surface area contributed by atoms with Gasteiger partial charge in [-0.25, -0.2) is 0 Å². The molecule has 0 radical (unpaired) electrons. The van der Waals surface area contributed by atoms with Crippen molar-refractivity contribution in [3.05, 3.63) is 76.0 Å². The molecule has 3 aromatic rings. The van der Waals surface area contributed by atoms with Crippen molar-refractivity contribution in [3.8, 4) is 11.3 Å². The van der Waals surface area contributed by atoms with Gasteiger partial charge in [-0.3, -0.25) is 14.9 Å². The van der Waals surface area contributed by atoms with Crippen molar-refractivity contribution in [2.75, 3.05) is 43.4 Å². The second kappa shape index (κ2) is 8.61. The van der Waals surface area contributed by atoms with Gasteiger partial charge in [0.05, 0.1) is 4.92 Å². The highest BCUT2D eigenvalue weighted by Crippen LogP contribution is 2.28. The van der Waals surface area contributed by atoms with Crippen molar-refractivity contribution in [1.82, 2.24) is 4.90 Å². The molecule has 1 fully saturated rings. The summed E-state index contributed by atoms with van der Waals surface area (Å²) in [5.41, 5.74) is 2.94. The van der Waals surface area contributed by atoms with E-state index in [1.54, 1.807) is 31.2 Å². The molecule has 2 aromatic carbocycles. The Hall–Kier alpha value is -3.65. The first-order valence-corrected chi connectivity index (χ1v) is 10.1. The standard InChI is InChI=1S/C23H24N4O4/c1-16-3-4-17(15-20(16)27(29)30)21-9-10-22(31-21)23(28)24-18-5-7-19(8-6-18)26-13-11-25(2)12-14-26/h3-10,15H,11-14H2,1-2H3,(H,24,28). The smallest absolute Gasteiger partial charge is 0.291 e. The molecule has 0 spiro atoms. The number of hydrogen-bond acceptors (Lipinski definition) is 6. The van der Waals surface area contributed by atoms with E-state index in [4.69, 9.17) is 4.42 Å². The minimum Gasteiger partial charge on any atom is -0.451 e. The second-order valence-electron chi connectivity index (χ2n) is 7.71. The fraction of sp³-hybridized carbons (Fsp3) is 0.261. The van der Waals surface area contributed by atoms with Crippen LogP contribution in [0.4, 0.5) is 17.1 Å². The first-order chi connectivity index (χ1) is 14.9. The molecule has 4 rings (SSSR count). The van der Waals surface area contributed by atoms with E-state index in [1.165, 1.54) is 6.07 Å². The number of carbonyl (C=O) groups excluding carboxylic acids is 1. The summed E-state index contributed by atoms with van der Waals surface area (Å²) in [6, 6.07) is 15.8. The Kier molecular flexibility index (Phi) is 5.73. The zero-order chi connectivity index (χ0) is 22.0. The van der Waals surface area contributed by atoms with Crippen LogP contribution in [-0.2, 0) is 0 Å². The van der Waals surface area contributed by atoms with E-state index in [2.05, 4.69) is 22.2 Å². The lowest BCUT2D eigenvalue weighted by atomic mass is 10.1. The summed E-state index contributed by atoms with van der Waals surface area (Å²) in [7, 11) is 2.12. The first kappa shape index (κ1) is 20.6. The zero-order valence-electron chi connectivity index (χ0n) is 17.5. The SMILES string of the molecule is Cc1ccc(-c2ccc(C(=O)Nc3ccc(N4CCN(C)CC4)cc3)o2)cc1[N+](=O)[O-]. The number of piperazine rings is 1. The largest absolute Gasteiger partial charge is 0.451 e. The Morgan fingerprint density at radius 2 is 1.74 bits per heavy atom. The number of anilines is 2. The van der Waals surface area contributed by atoms with Crippen molar-refractivity contribution in [2.45, 2.75) is 6.92 Å². The monoisotopic (exact) mass is 420 g/mol. The molecule has 1 N–H and O–H groups in total. The van der Waals surface area contributed by atoms with Gasteiger partial charge in [0.25, 0.3) is 11.6 Å². The highest BCUT2D eigenvalue weighted by Gasteiger charge is 2.17. The maximum absolute atomic E-state index is 12.6. The summed E-state index contributed by atoms with van der Waals surface area (Å²) in [4.78, 5) is 27.9. The molecule has 8 nitrogen and oxygen atoms in total. The minimum absolute atomic E-state index is 0.0142. The third-order valence-corrected chi connectivity index (χ3v) is 5.51. The van der Waals surface area contributed by atoms with Gasteiger partial charge in [0.2, 0.25) is 0 Å². The molecule has 0 saturated carbocycles. The van der Waals surface area contributed by atoms with E-state index in [1.807, 2.05) is 24.3 Å². The molecule has 1 saturated heterocycles. The van der Waals surface area contributed by atoms with Crippen molar-refractivity contribution in [1.29, 1.82) is 0 Å². The number of hydrogen-bond donors (Lipinski definition) is 1. The van der Waals surface area contributed by atoms with Crippen LogP contribution >= 0.6 is 0 Å². The lowest BCUT2D eigenvalue weighted by molar-refractivity contribution is -0.385. The maximum atomic E-state index is 12.6. The molecule has 1 aromatic heterocycles. The third kappa shape index (κ3) is 4.59. The summed E-state index contributed by atoms with van der Waals surface area (Å²) < 4.78 is 5.66. The van der Waals surface area contributed by atoms with Crippen LogP contribution in [-0.4, -0.2) is 49.0 Å². The summed E-state index contributed by atoms with van der Waals surface area (Å²) >= 11 is 0. The van der Waals surface area contributed by atoms with Crippen molar-refractivity contribution >= 4 is 23.0 Å². The average molecular weight is 420 g/mol. The lowest BCUT2D eigenvalue weighted by Crippen LogP contribution is -2.44. The Balaban J connectivity index is 1.43. The van der Waals surface area contributed by atoms with Crippen LogP contribution in [0.5, 0.6) is 0 Å². The molecule has 0 atom stereocenters. The quantitative estimate of drug-likeness (QED) is 0.492. The summed E-state index contributed by atoms with van der Waals surface area (Å²) in [6.07, 6.45) is 0. The molecule has 1 aliphatic rings. The van der Waals surface area contributed by atoms with Gasteiger partial charge in [-0.1, -0.05) is 12.1 Å². The predicted octanol–water partition coefficient (Wildman–Crippen LogP) is 4.17. The molecule has 2 heterocycles. The van der Waals surface area contributed by atoms with E-state index >= 15 is 0 Å². The Morgan fingerprint density at radius 1 is 1.03 bits per heavy atom. The van der Waals surface area contributed by atoms with Gasteiger partial charge in [-0.05, 0) is 50.4 Å². The molecule has 160 valence electrons. The molecule has 0 unspecified atom stereocenters. The Morgan fingerprint density at radius 3 is 2.42 bits per heavy atom. The molecule has 0 aliphatic carbocycles. The van der Waals surface area contributed by atoms with E-state index in [0.717, 1.165) is 31.9 Å². The van der Waals surface area contributed by atoms with Crippen LogP contribution < -0.4 is 10.2 Å². The number of nitro benzene ring substituents is 1. The number of carbonyl (C=O) groups is 1. The van der Waals surface area contributed by atoms with Gasteiger partial charge in [0, 0.05) is 54.7 Å². The van der Waals surface area contributed by atoms with E-state index in [9.17, 15) is 14.9 Å². The number of rotatable bonds is 5. The summed E-state index contributed by atoms with van der Waals surface area (Å²) in [6.45, 7) is 5.70. The fourth-order valence-electron chi connectivity index (χ4n) is 3.59. The molecule has 1 amide bonds. The van der Waals surface area contributed by atoms with Crippen molar-refractivity contribution in [3.63, 3.8) is 0 Å². The Bertz CT molecular complexity index is 1100. The number of likely N-dealkylation sites (N-methyl/N-ethyl adjacent to an activating group) is 1. The number of furan rings is 1. The Labute approximate surface area is 180 Å². The fourth-order valence-corrected chi connectivity index (χ4v) is 3.59. The summed E-state index contributed by atoms with van der Waals surface area (Å²) in [5, 5.41) is 14.0. The number of nitro groups is 1. The van der Waals surface area contributed by atoms with Gasteiger partial charge in [0.15, 0.2) is 5.76 Å². The van der Waals surface area contributed by atoms with Crippen LogP contribution in [0.25, 0.3) is 11.3 Å². The van der Waals surface area contributed by atoms with Gasteiger partial charge >= 0.3 is 0 Å². The number of nitrogens with one attached hydrogen (secondary N) is 1. The first-order valence-electron chi connectivity index (χ1n) is 10.1. The van der Waals surface area contributed by atoms with Crippen molar-refractivity contribution in [2.24, 2.45) is 0 Å². The van der Waals surface area contributed by atoms with Crippen LogP contribution in [0.1, 0.15) is 16.1 Å². The molecule has 8 heteroatoms. The van der Waals surface area contributed by atoms with Gasteiger partial charge in [-0.2, -0.15) is 0 Å². The predicted molar refractivity (Wildman–Crippen MR) is 120 cm³/mol. The van der Waals surface area contributed by atoms with Gasteiger partial charge in [0.1, 0.15) is 5.76 Å². The zero-order valence-corrected chi connectivity index (χ0v) is 17.5. The number of benzene rings is 2. The van der Waals surface area contributed by atoms with E-state index < -0.39 is 4.92 Å². The van der Waals surface area contributed by atoms with Crippen LogP contribution in [0.2, 0.25) is 0 Å². The average Bonchev–Trinajstić information content (AvgIpc) is 3.25. The molecular weight excluding hydrogens is 396 g/mol. The highest BCUT2D eigenvalue weighted by molar-refractivity contribution is 6.02. The van der Waals surface area contributed by atoms with E-state index in [-0.39, 0.29) is 17.4 Å². The molecule has 0 bridgehead atoms. The lowest BCUT2D eigenvalue weighted by Gasteiger charge is -2.34. The van der Waals surface area contributed by atoms with Gasteiger partial charge < -0.3 is 19.5 Å². The number of amides is 1. The number of nitrogens with zero attached hydrogens (tertiary/aromatic N) is 3. The second-order valence-corrected chi connectivity index (χ2v) is 7.71. The molecule has 1 aliphatic heterocycles. The normalized spacial score (nSPS) is 14.5. The highest BCUT2D eigenvalue weighted by atomic mass is 16.6. The summed E-state index contributed by atoms with van der Waals surface area (Å²) in [5.74, 6) is 0.167. The van der Waals surface area contributed by atoms with E-state index in [0.29, 0.717) is 22.6 Å². The molecular formula is C23H24N4O4. The topological polar surface area (TPSA) is 91.9 Å².